The van der Waals surface area contributed by atoms with Crippen LogP contribution in [-0.2, 0) is 4.74 Å². The molecule has 18 heavy (non-hydrogen) atoms. The van der Waals surface area contributed by atoms with E-state index in [-0.39, 0.29) is 0 Å². The van der Waals surface area contributed by atoms with Gasteiger partial charge in [-0.05, 0) is 24.3 Å². The number of fused-ring (bicyclic) bond motifs is 2. The van der Waals surface area contributed by atoms with E-state index in [4.69, 9.17) is 4.74 Å². The minimum Gasteiger partial charge on any atom is -0.465 e. The summed E-state index contributed by atoms with van der Waals surface area (Å²) >= 11 is 0. The quantitative estimate of drug-likeness (QED) is 0.483. The molecule has 0 saturated heterocycles. The molecule has 0 amide bonds. The van der Waals surface area contributed by atoms with Crippen molar-refractivity contribution in [2.24, 2.45) is 0 Å². The van der Waals surface area contributed by atoms with Crippen LogP contribution in [0.25, 0.3) is 22.1 Å². The molecule has 0 aliphatic rings. The number of rotatable bonds is 1. The van der Waals surface area contributed by atoms with Crippen LogP contribution in [0.4, 0.5) is 0 Å². The highest BCUT2D eigenvalue weighted by Crippen LogP contribution is 2.19. The van der Waals surface area contributed by atoms with Crippen molar-refractivity contribution in [1.82, 2.24) is 9.97 Å². The summed E-state index contributed by atoms with van der Waals surface area (Å²) in [5.41, 5.74) is 3.28. The van der Waals surface area contributed by atoms with Crippen LogP contribution in [0.2, 0.25) is 0 Å². The predicted molar refractivity (Wildman–Crippen MR) is 68.4 cm³/mol. The van der Waals surface area contributed by atoms with E-state index in [2.05, 4.69) is 9.97 Å². The van der Waals surface area contributed by atoms with Crippen LogP contribution in [-0.4, -0.2) is 23.0 Å². The van der Waals surface area contributed by atoms with Gasteiger partial charge in [0.05, 0.1) is 29.2 Å². The maximum Gasteiger partial charge on any atom is 0.340 e. The number of ether oxygens (including phenoxy) is 1. The van der Waals surface area contributed by atoms with Gasteiger partial charge in [0.1, 0.15) is 5.52 Å². The van der Waals surface area contributed by atoms with Crippen molar-refractivity contribution >= 4 is 28.0 Å². The molecule has 4 nitrogen and oxygen atoms in total. The Kier molecular flexibility index (Phi) is 2.41. The maximum atomic E-state index is 11.7. The Morgan fingerprint density at radius 3 is 2.33 bits per heavy atom. The molecule has 0 bridgehead atoms. The standard InChI is InChI=1S/C14H10N2O2/c1-18-14(17)9-5-4-8-12-13(9)16-11-7-3-2-6-10(11)15-12/h2-8H,1H3. The summed E-state index contributed by atoms with van der Waals surface area (Å²) < 4.78 is 4.75. The second kappa shape index (κ2) is 4.07. The van der Waals surface area contributed by atoms with Gasteiger partial charge in [0.15, 0.2) is 0 Å². The number of hydrogen-bond acceptors (Lipinski definition) is 4. The first kappa shape index (κ1) is 10.7. The van der Waals surface area contributed by atoms with Gasteiger partial charge in [-0.3, -0.25) is 0 Å². The molecule has 0 saturated carbocycles. The van der Waals surface area contributed by atoms with Crippen LogP contribution < -0.4 is 0 Å². The zero-order chi connectivity index (χ0) is 12.5. The van der Waals surface area contributed by atoms with Crippen molar-refractivity contribution in [3.05, 3.63) is 48.0 Å². The Labute approximate surface area is 103 Å². The lowest BCUT2D eigenvalue weighted by molar-refractivity contribution is 0.0603. The van der Waals surface area contributed by atoms with Crippen LogP contribution in [0.5, 0.6) is 0 Å². The molecule has 88 valence electrons. The van der Waals surface area contributed by atoms with E-state index >= 15 is 0 Å². The lowest BCUT2D eigenvalue weighted by Crippen LogP contribution is -2.03. The second-order valence-corrected chi connectivity index (χ2v) is 3.88. The zero-order valence-electron chi connectivity index (χ0n) is 9.75. The van der Waals surface area contributed by atoms with E-state index in [1.807, 2.05) is 30.3 Å². The minimum absolute atomic E-state index is 0.398. The molecular weight excluding hydrogens is 228 g/mol. The smallest absolute Gasteiger partial charge is 0.340 e. The van der Waals surface area contributed by atoms with E-state index in [9.17, 15) is 4.79 Å². The Bertz CT molecular complexity index is 753. The normalized spacial score (nSPS) is 10.7. The minimum atomic E-state index is -0.398. The van der Waals surface area contributed by atoms with Gasteiger partial charge in [0.2, 0.25) is 0 Å². The molecule has 0 aliphatic carbocycles. The summed E-state index contributed by atoms with van der Waals surface area (Å²) in [6.45, 7) is 0. The SMILES string of the molecule is COC(=O)c1cccc2nc3ccccc3nc12. The highest BCUT2D eigenvalue weighted by Gasteiger charge is 2.12. The molecule has 1 aromatic heterocycles. The van der Waals surface area contributed by atoms with Crippen molar-refractivity contribution in [1.29, 1.82) is 0 Å². The topological polar surface area (TPSA) is 52.1 Å². The summed E-state index contributed by atoms with van der Waals surface area (Å²) in [5.74, 6) is -0.398. The fourth-order valence-electron chi connectivity index (χ4n) is 1.92. The Hall–Kier alpha value is -2.49. The Morgan fingerprint density at radius 2 is 1.61 bits per heavy atom. The lowest BCUT2D eigenvalue weighted by Gasteiger charge is -2.04. The fraction of sp³-hybridized carbons (Fsp3) is 0.0714. The van der Waals surface area contributed by atoms with Crippen molar-refractivity contribution in [3.63, 3.8) is 0 Å². The Balaban J connectivity index is 2.39. The number of hydrogen-bond donors (Lipinski definition) is 0. The molecule has 2 aromatic carbocycles. The van der Waals surface area contributed by atoms with E-state index < -0.39 is 5.97 Å². The van der Waals surface area contributed by atoms with Crippen LogP contribution in [0.1, 0.15) is 10.4 Å². The van der Waals surface area contributed by atoms with Gasteiger partial charge in [-0.15, -0.1) is 0 Å². The molecule has 3 aromatic rings. The number of carbonyl (C=O) groups is 1. The van der Waals surface area contributed by atoms with Gasteiger partial charge in [-0.1, -0.05) is 18.2 Å². The summed E-state index contributed by atoms with van der Waals surface area (Å²) in [4.78, 5) is 20.6. The average Bonchev–Trinajstić information content (AvgIpc) is 2.43. The van der Waals surface area contributed by atoms with Gasteiger partial charge in [0.25, 0.3) is 0 Å². The first-order valence-electron chi connectivity index (χ1n) is 5.53. The van der Waals surface area contributed by atoms with Crippen molar-refractivity contribution in [2.45, 2.75) is 0 Å². The molecule has 0 radical (unpaired) electrons. The summed E-state index contributed by atoms with van der Waals surface area (Å²) in [5, 5.41) is 0. The number of para-hydroxylation sites is 3. The van der Waals surface area contributed by atoms with Crippen molar-refractivity contribution < 1.29 is 9.53 Å². The maximum absolute atomic E-state index is 11.7. The van der Waals surface area contributed by atoms with Crippen LogP contribution in [0, 0.1) is 0 Å². The second-order valence-electron chi connectivity index (χ2n) is 3.88. The number of methoxy groups -OCH3 is 1. The number of carbonyl (C=O) groups excluding carboxylic acids is 1. The van der Waals surface area contributed by atoms with Crippen LogP contribution in [0.15, 0.2) is 42.5 Å². The lowest BCUT2D eigenvalue weighted by atomic mass is 10.1. The van der Waals surface area contributed by atoms with Crippen molar-refractivity contribution in [3.8, 4) is 0 Å². The first-order valence-corrected chi connectivity index (χ1v) is 5.53. The largest absolute Gasteiger partial charge is 0.465 e. The monoisotopic (exact) mass is 238 g/mol. The van der Waals surface area contributed by atoms with Gasteiger partial charge < -0.3 is 4.74 Å². The third kappa shape index (κ3) is 1.59. The molecule has 3 rings (SSSR count). The fourth-order valence-corrected chi connectivity index (χ4v) is 1.92. The molecule has 0 N–H and O–H groups in total. The third-order valence-electron chi connectivity index (χ3n) is 2.77. The van der Waals surface area contributed by atoms with Gasteiger partial charge in [0, 0.05) is 0 Å². The Morgan fingerprint density at radius 1 is 0.944 bits per heavy atom. The number of nitrogens with zero attached hydrogens (tertiary/aromatic N) is 2. The number of aromatic nitrogens is 2. The molecule has 0 aliphatic heterocycles. The average molecular weight is 238 g/mol. The highest BCUT2D eigenvalue weighted by atomic mass is 16.5. The van der Waals surface area contributed by atoms with E-state index in [1.54, 1.807) is 12.1 Å². The highest BCUT2D eigenvalue weighted by molar-refractivity contribution is 6.03. The third-order valence-corrected chi connectivity index (χ3v) is 2.77. The summed E-state index contributed by atoms with van der Waals surface area (Å²) in [6.07, 6.45) is 0. The molecule has 0 fully saturated rings. The molecule has 1 heterocycles. The van der Waals surface area contributed by atoms with E-state index in [0.29, 0.717) is 16.6 Å². The van der Waals surface area contributed by atoms with Gasteiger partial charge >= 0.3 is 5.97 Å². The summed E-state index contributed by atoms with van der Waals surface area (Å²) in [7, 11) is 1.36. The molecular formula is C14H10N2O2. The zero-order valence-corrected chi connectivity index (χ0v) is 9.75. The predicted octanol–water partition coefficient (Wildman–Crippen LogP) is 2.57. The van der Waals surface area contributed by atoms with Gasteiger partial charge in [-0.25, -0.2) is 14.8 Å². The molecule has 0 spiro atoms. The van der Waals surface area contributed by atoms with Gasteiger partial charge in [-0.2, -0.15) is 0 Å². The molecule has 0 unspecified atom stereocenters. The number of esters is 1. The van der Waals surface area contributed by atoms with Crippen molar-refractivity contribution in [2.75, 3.05) is 7.11 Å². The van der Waals surface area contributed by atoms with Crippen LogP contribution in [0.3, 0.4) is 0 Å². The molecule has 0 atom stereocenters. The molecule has 4 heteroatoms. The first-order chi connectivity index (χ1) is 8.79. The van der Waals surface area contributed by atoms with Crippen LogP contribution >= 0.6 is 0 Å². The van der Waals surface area contributed by atoms with E-state index in [0.717, 1.165) is 11.0 Å². The number of benzene rings is 2. The van der Waals surface area contributed by atoms with E-state index in [1.165, 1.54) is 7.11 Å². The summed E-state index contributed by atoms with van der Waals surface area (Å²) in [6, 6.07) is 12.9.